The van der Waals surface area contributed by atoms with Gasteiger partial charge in [-0.1, -0.05) is 0 Å². The molecule has 90 valence electrons. The second-order valence-corrected chi connectivity index (χ2v) is 4.90. The van der Waals surface area contributed by atoms with Crippen LogP contribution in [0.2, 0.25) is 0 Å². The Kier molecular flexibility index (Phi) is 3.11. The lowest BCUT2D eigenvalue weighted by Crippen LogP contribution is -2.25. The van der Waals surface area contributed by atoms with Crippen molar-refractivity contribution in [2.45, 2.75) is 18.6 Å². The molecule has 0 radical (unpaired) electrons. The predicted molar refractivity (Wildman–Crippen MR) is 67.9 cm³/mol. The number of aromatic carboxylic acids is 1. The number of thiol groups is 1. The van der Waals surface area contributed by atoms with E-state index in [1.807, 2.05) is 0 Å². The lowest BCUT2D eigenvalue weighted by molar-refractivity contribution is -0.117. The number of nitrogens with zero attached hydrogens (tertiary/aromatic N) is 1. The number of carbonyl (C=O) groups is 2. The van der Waals surface area contributed by atoms with Crippen molar-refractivity contribution >= 4 is 30.2 Å². The zero-order valence-electron chi connectivity index (χ0n) is 9.38. The molecule has 1 heterocycles. The number of carbonyl (C=O) groups excluding carboxylic acids is 1. The maximum Gasteiger partial charge on any atom is 0.335 e. The maximum absolute atomic E-state index is 11.7. The van der Waals surface area contributed by atoms with Crippen LogP contribution in [0.5, 0.6) is 0 Å². The van der Waals surface area contributed by atoms with Crippen LogP contribution < -0.4 is 4.90 Å². The van der Waals surface area contributed by atoms with Gasteiger partial charge in [0.25, 0.3) is 0 Å². The third kappa shape index (κ3) is 2.29. The molecule has 0 bridgehead atoms. The highest BCUT2D eigenvalue weighted by molar-refractivity contribution is 7.81. The molecule has 1 N–H and O–H groups in total. The topological polar surface area (TPSA) is 57.6 Å². The van der Waals surface area contributed by atoms with E-state index < -0.39 is 5.97 Å². The van der Waals surface area contributed by atoms with Crippen molar-refractivity contribution in [2.24, 2.45) is 0 Å². The Morgan fingerprint density at radius 1 is 1.53 bits per heavy atom. The second-order valence-electron chi connectivity index (χ2n) is 4.17. The van der Waals surface area contributed by atoms with Crippen LogP contribution in [0.3, 0.4) is 0 Å². The Hall–Kier alpha value is -1.49. The molecule has 0 aromatic heterocycles. The van der Waals surface area contributed by atoms with Gasteiger partial charge in [0.2, 0.25) is 5.91 Å². The van der Waals surface area contributed by atoms with E-state index in [0.29, 0.717) is 13.0 Å². The third-order valence-electron chi connectivity index (χ3n) is 2.84. The number of carboxylic acids is 1. The first kappa shape index (κ1) is 12.0. The molecule has 1 amide bonds. The molecule has 1 unspecified atom stereocenters. The Bertz CT molecular complexity index is 487. The van der Waals surface area contributed by atoms with Crippen LogP contribution in [-0.4, -0.2) is 28.8 Å². The molecule has 1 saturated heterocycles. The molecule has 4 nitrogen and oxygen atoms in total. The summed E-state index contributed by atoms with van der Waals surface area (Å²) in [6, 6.07) is 4.78. The van der Waals surface area contributed by atoms with E-state index in [9.17, 15) is 9.59 Å². The van der Waals surface area contributed by atoms with E-state index >= 15 is 0 Å². The molecule has 1 fully saturated rings. The van der Waals surface area contributed by atoms with Crippen LogP contribution in [0.15, 0.2) is 18.2 Å². The van der Waals surface area contributed by atoms with E-state index in [1.165, 1.54) is 6.07 Å². The van der Waals surface area contributed by atoms with Crippen molar-refractivity contribution in [3.8, 4) is 0 Å². The number of hydrogen-bond acceptors (Lipinski definition) is 3. The summed E-state index contributed by atoms with van der Waals surface area (Å²) in [5.41, 5.74) is 1.80. The zero-order valence-corrected chi connectivity index (χ0v) is 10.3. The van der Waals surface area contributed by atoms with E-state index in [0.717, 1.165) is 11.3 Å². The summed E-state index contributed by atoms with van der Waals surface area (Å²) >= 11 is 4.29. The molecule has 17 heavy (non-hydrogen) atoms. The molecule has 1 atom stereocenters. The minimum Gasteiger partial charge on any atom is -0.478 e. The first-order chi connectivity index (χ1) is 7.99. The van der Waals surface area contributed by atoms with Crippen molar-refractivity contribution in [3.63, 3.8) is 0 Å². The summed E-state index contributed by atoms with van der Waals surface area (Å²) in [5.74, 6) is -0.921. The maximum atomic E-state index is 11.7. The van der Waals surface area contributed by atoms with Crippen molar-refractivity contribution < 1.29 is 14.7 Å². The predicted octanol–water partition coefficient (Wildman–Crippen LogP) is 1.73. The smallest absolute Gasteiger partial charge is 0.335 e. The standard InChI is InChI=1S/C12H13NO3S/c1-7-4-8(12(15)16)2-3-10(7)13-6-9(17)5-11(13)14/h2-4,9,17H,5-6H2,1H3,(H,15,16). The monoisotopic (exact) mass is 251 g/mol. The van der Waals surface area contributed by atoms with Gasteiger partial charge in [-0.05, 0) is 30.7 Å². The van der Waals surface area contributed by atoms with Crippen molar-refractivity contribution in [1.82, 2.24) is 0 Å². The number of carboxylic acid groups (broad SMARTS) is 1. The normalized spacial score (nSPS) is 19.8. The van der Waals surface area contributed by atoms with Crippen molar-refractivity contribution in [1.29, 1.82) is 0 Å². The first-order valence-electron chi connectivity index (χ1n) is 5.31. The van der Waals surface area contributed by atoms with Crippen LogP contribution >= 0.6 is 12.6 Å². The second kappa shape index (κ2) is 4.41. The highest BCUT2D eigenvalue weighted by atomic mass is 32.1. The summed E-state index contributed by atoms with van der Waals surface area (Å²) in [6.45, 7) is 2.39. The fourth-order valence-corrected chi connectivity index (χ4v) is 2.33. The van der Waals surface area contributed by atoms with Gasteiger partial charge in [0, 0.05) is 23.9 Å². The van der Waals surface area contributed by atoms with Crippen LogP contribution in [0.1, 0.15) is 22.3 Å². The summed E-state index contributed by atoms with van der Waals surface area (Å²) < 4.78 is 0. The van der Waals surface area contributed by atoms with Gasteiger partial charge in [-0.2, -0.15) is 12.6 Å². The molecular formula is C12H13NO3S. The quantitative estimate of drug-likeness (QED) is 0.787. The largest absolute Gasteiger partial charge is 0.478 e. The van der Waals surface area contributed by atoms with Crippen LogP contribution in [0.4, 0.5) is 5.69 Å². The molecule has 1 aromatic rings. The summed E-state index contributed by atoms with van der Waals surface area (Å²) in [5, 5.41) is 8.92. The summed E-state index contributed by atoms with van der Waals surface area (Å²) in [7, 11) is 0. The average Bonchev–Trinajstić information content (AvgIpc) is 2.57. The van der Waals surface area contributed by atoms with E-state index in [2.05, 4.69) is 12.6 Å². The molecule has 1 aliphatic heterocycles. The highest BCUT2D eigenvalue weighted by Gasteiger charge is 2.29. The van der Waals surface area contributed by atoms with E-state index in [-0.39, 0.29) is 16.7 Å². The van der Waals surface area contributed by atoms with Gasteiger partial charge in [-0.25, -0.2) is 4.79 Å². The molecular weight excluding hydrogens is 238 g/mol. The van der Waals surface area contributed by atoms with Gasteiger partial charge in [0.15, 0.2) is 0 Å². The Balaban J connectivity index is 2.34. The number of anilines is 1. The number of hydrogen-bond donors (Lipinski definition) is 2. The zero-order chi connectivity index (χ0) is 12.6. The molecule has 5 heteroatoms. The third-order valence-corrected chi connectivity index (χ3v) is 3.19. The summed E-state index contributed by atoms with van der Waals surface area (Å²) in [6.07, 6.45) is 0.434. The SMILES string of the molecule is Cc1cc(C(=O)O)ccc1N1CC(S)CC1=O. The lowest BCUT2D eigenvalue weighted by Gasteiger charge is -2.18. The van der Waals surface area contributed by atoms with Crippen LogP contribution in [-0.2, 0) is 4.79 Å². The van der Waals surface area contributed by atoms with E-state index in [1.54, 1.807) is 24.0 Å². The number of aryl methyl sites for hydroxylation is 1. The van der Waals surface area contributed by atoms with E-state index in [4.69, 9.17) is 5.11 Å². The Morgan fingerprint density at radius 3 is 2.71 bits per heavy atom. The summed E-state index contributed by atoms with van der Waals surface area (Å²) in [4.78, 5) is 24.2. The van der Waals surface area contributed by atoms with Gasteiger partial charge >= 0.3 is 5.97 Å². The van der Waals surface area contributed by atoms with Gasteiger partial charge in [-0.15, -0.1) is 0 Å². The minimum atomic E-state index is -0.959. The number of benzene rings is 1. The molecule has 0 saturated carbocycles. The molecule has 0 spiro atoms. The number of amides is 1. The van der Waals surface area contributed by atoms with Crippen LogP contribution in [0, 0.1) is 6.92 Å². The fourth-order valence-electron chi connectivity index (χ4n) is 2.01. The van der Waals surface area contributed by atoms with Gasteiger partial charge in [0.05, 0.1) is 5.56 Å². The average molecular weight is 251 g/mol. The number of rotatable bonds is 2. The van der Waals surface area contributed by atoms with Crippen molar-refractivity contribution in [3.05, 3.63) is 29.3 Å². The van der Waals surface area contributed by atoms with Gasteiger partial charge in [-0.3, -0.25) is 4.79 Å². The van der Waals surface area contributed by atoms with Gasteiger partial charge in [0.1, 0.15) is 0 Å². The minimum absolute atomic E-state index is 0.0381. The molecule has 1 aliphatic rings. The molecule has 2 rings (SSSR count). The molecule has 1 aromatic carbocycles. The Labute approximate surface area is 105 Å². The highest BCUT2D eigenvalue weighted by Crippen LogP contribution is 2.27. The van der Waals surface area contributed by atoms with Gasteiger partial charge < -0.3 is 10.0 Å². The first-order valence-corrected chi connectivity index (χ1v) is 5.83. The lowest BCUT2D eigenvalue weighted by atomic mass is 10.1. The van der Waals surface area contributed by atoms with Crippen molar-refractivity contribution in [2.75, 3.05) is 11.4 Å². The van der Waals surface area contributed by atoms with Crippen LogP contribution in [0.25, 0.3) is 0 Å². The fraction of sp³-hybridized carbons (Fsp3) is 0.333. The molecule has 0 aliphatic carbocycles. The Morgan fingerprint density at radius 2 is 2.24 bits per heavy atom.